The normalized spacial score (nSPS) is 10.4. The average Bonchev–Trinajstić information content (AvgIpc) is 1.59. The third kappa shape index (κ3) is 11.8. The Morgan fingerprint density at radius 2 is 1.89 bits per heavy atom. The van der Waals surface area contributed by atoms with Crippen molar-refractivity contribution in [2.24, 2.45) is 5.73 Å². The number of hydrogen-bond acceptors (Lipinski definition) is 3. The van der Waals surface area contributed by atoms with Gasteiger partial charge in [0, 0.05) is 0 Å². The van der Waals surface area contributed by atoms with Gasteiger partial charge in [-0.3, -0.25) is 4.55 Å². The van der Waals surface area contributed by atoms with Gasteiger partial charge < -0.3 is 5.73 Å². The summed E-state index contributed by atoms with van der Waals surface area (Å²) in [5, 5.41) is 0. The van der Waals surface area contributed by atoms with Crippen molar-refractivity contribution in [2.45, 2.75) is 6.42 Å². The van der Waals surface area contributed by atoms with Crippen molar-refractivity contribution in [3.63, 3.8) is 0 Å². The van der Waals surface area contributed by atoms with Crippen molar-refractivity contribution in [3.8, 4) is 0 Å². The van der Waals surface area contributed by atoms with Crippen molar-refractivity contribution < 1.29 is 13.0 Å². The summed E-state index contributed by atoms with van der Waals surface area (Å²) in [6.07, 6.45) is 0.318. The Morgan fingerprint density at radius 3 is 2.00 bits per heavy atom. The van der Waals surface area contributed by atoms with Crippen LogP contribution in [-0.4, -0.2) is 44.1 Å². The first-order valence-corrected chi connectivity index (χ1v) is 3.82. The quantitative estimate of drug-likeness (QED) is 0.379. The van der Waals surface area contributed by atoms with E-state index in [0.29, 0.717) is 13.0 Å². The summed E-state index contributed by atoms with van der Waals surface area (Å²) < 4.78 is 27.8. The molecular formula is C3H10LiNO3S. The third-order valence-electron chi connectivity index (χ3n) is 0.606. The Morgan fingerprint density at radius 1 is 1.44 bits per heavy atom. The van der Waals surface area contributed by atoms with E-state index in [-0.39, 0.29) is 24.6 Å². The molecule has 0 aromatic rings. The number of rotatable bonds is 3. The second-order valence-electron chi connectivity index (χ2n) is 1.43. The monoisotopic (exact) mass is 147 g/mol. The van der Waals surface area contributed by atoms with Crippen LogP contribution in [0.3, 0.4) is 0 Å². The minimum absolute atomic E-state index is 0. The van der Waals surface area contributed by atoms with Gasteiger partial charge in [-0.15, -0.1) is 0 Å². The molecule has 0 amide bonds. The van der Waals surface area contributed by atoms with Gasteiger partial charge in [0.25, 0.3) is 10.1 Å². The van der Waals surface area contributed by atoms with E-state index in [1.807, 2.05) is 0 Å². The van der Waals surface area contributed by atoms with Gasteiger partial charge in [0.1, 0.15) is 0 Å². The van der Waals surface area contributed by atoms with Crippen molar-refractivity contribution >= 4 is 29.0 Å². The Hall–Kier alpha value is 0.467. The van der Waals surface area contributed by atoms with Gasteiger partial charge in [-0.2, -0.15) is 8.42 Å². The van der Waals surface area contributed by atoms with E-state index in [1.54, 1.807) is 0 Å². The Bertz CT molecular complexity index is 143. The number of hydrogen-bond donors (Lipinski definition) is 2. The fraction of sp³-hybridized carbons (Fsp3) is 1.00. The predicted molar refractivity (Wildman–Crippen MR) is 37.2 cm³/mol. The van der Waals surface area contributed by atoms with E-state index < -0.39 is 10.1 Å². The Balaban J connectivity index is 0. The molecule has 9 heavy (non-hydrogen) atoms. The molecule has 0 saturated carbocycles. The molecule has 0 aromatic heterocycles. The van der Waals surface area contributed by atoms with Crippen LogP contribution in [0.15, 0.2) is 0 Å². The molecule has 4 nitrogen and oxygen atoms in total. The molecule has 6 heteroatoms. The van der Waals surface area contributed by atoms with Gasteiger partial charge in [-0.1, -0.05) is 0 Å². The van der Waals surface area contributed by atoms with Gasteiger partial charge in [0.2, 0.25) is 0 Å². The van der Waals surface area contributed by atoms with Crippen LogP contribution in [0, 0.1) is 0 Å². The molecule has 3 N–H and O–H groups in total. The maximum atomic E-state index is 9.89. The Kier molecular flexibility index (Phi) is 7.12. The van der Waals surface area contributed by atoms with Crippen LogP contribution in [0.5, 0.6) is 0 Å². The van der Waals surface area contributed by atoms with E-state index >= 15 is 0 Å². The van der Waals surface area contributed by atoms with Crippen LogP contribution in [-0.2, 0) is 10.1 Å². The van der Waals surface area contributed by atoms with Gasteiger partial charge in [-0.25, -0.2) is 0 Å². The van der Waals surface area contributed by atoms with Crippen LogP contribution >= 0.6 is 0 Å². The molecule has 0 unspecified atom stereocenters. The molecule has 0 aliphatic heterocycles. The van der Waals surface area contributed by atoms with Crippen molar-refractivity contribution in [3.05, 3.63) is 0 Å². The van der Waals surface area contributed by atoms with E-state index in [4.69, 9.17) is 10.3 Å². The third-order valence-corrected chi connectivity index (χ3v) is 1.41. The zero-order chi connectivity index (χ0) is 6.62. The van der Waals surface area contributed by atoms with E-state index in [9.17, 15) is 8.42 Å². The van der Waals surface area contributed by atoms with Gasteiger partial charge in [0.15, 0.2) is 0 Å². The molecule has 0 aliphatic carbocycles. The molecule has 0 aromatic carbocycles. The molecule has 52 valence electrons. The molecule has 0 atom stereocenters. The zero-order valence-electron chi connectivity index (χ0n) is 4.37. The number of nitrogens with two attached hydrogens (primary N) is 1. The van der Waals surface area contributed by atoms with Crippen LogP contribution < -0.4 is 5.73 Å². The molecular weight excluding hydrogens is 137 g/mol. The zero-order valence-corrected chi connectivity index (χ0v) is 5.19. The van der Waals surface area contributed by atoms with Crippen LogP contribution in [0.1, 0.15) is 6.42 Å². The molecule has 0 radical (unpaired) electrons. The average molecular weight is 147 g/mol. The standard InChI is InChI=1S/C3H9NO3S.Li.H/c4-2-1-3-8(5,6)7;;/h1-4H2,(H,5,6,7);;. The fourth-order valence-electron chi connectivity index (χ4n) is 0.266. The molecule has 0 fully saturated rings. The Labute approximate surface area is 66.7 Å². The minimum atomic E-state index is -3.77. The first-order valence-electron chi connectivity index (χ1n) is 2.21. The summed E-state index contributed by atoms with van der Waals surface area (Å²) in [4.78, 5) is 0. The van der Waals surface area contributed by atoms with Gasteiger partial charge in [0.05, 0.1) is 5.75 Å². The molecule has 0 saturated heterocycles. The van der Waals surface area contributed by atoms with Crippen LogP contribution in [0.25, 0.3) is 0 Å². The van der Waals surface area contributed by atoms with Crippen LogP contribution in [0.2, 0.25) is 0 Å². The SMILES string of the molecule is NCCCS(=O)(=O)O.[LiH]. The molecule has 0 rings (SSSR count). The van der Waals surface area contributed by atoms with Crippen molar-refractivity contribution in [1.82, 2.24) is 0 Å². The summed E-state index contributed by atoms with van der Waals surface area (Å²) in [6.45, 7) is 0.291. The summed E-state index contributed by atoms with van der Waals surface area (Å²) in [5.41, 5.74) is 4.96. The summed E-state index contributed by atoms with van der Waals surface area (Å²) in [7, 11) is -3.77. The predicted octanol–water partition coefficient (Wildman–Crippen LogP) is -1.43. The fourth-order valence-corrected chi connectivity index (χ4v) is 0.797. The van der Waals surface area contributed by atoms with Crippen molar-refractivity contribution in [2.75, 3.05) is 12.3 Å². The molecule has 0 bridgehead atoms. The summed E-state index contributed by atoms with van der Waals surface area (Å²) in [5.74, 6) is -0.233. The molecule has 0 aliphatic rings. The van der Waals surface area contributed by atoms with Crippen molar-refractivity contribution in [1.29, 1.82) is 0 Å². The first-order chi connectivity index (χ1) is 3.56. The van der Waals surface area contributed by atoms with Gasteiger partial charge in [-0.05, 0) is 13.0 Å². The molecule has 0 heterocycles. The van der Waals surface area contributed by atoms with E-state index in [2.05, 4.69) is 0 Å². The van der Waals surface area contributed by atoms with E-state index in [0.717, 1.165) is 0 Å². The second kappa shape index (κ2) is 5.27. The summed E-state index contributed by atoms with van der Waals surface area (Å²) >= 11 is 0. The van der Waals surface area contributed by atoms with E-state index in [1.165, 1.54) is 0 Å². The maximum absolute atomic E-state index is 9.89. The van der Waals surface area contributed by atoms with Gasteiger partial charge >= 0.3 is 18.9 Å². The topological polar surface area (TPSA) is 80.4 Å². The van der Waals surface area contributed by atoms with Crippen LogP contribution in [0.4, 0.5) is 0 Å². The molecule has 0 spiro atoms. The summed E-state index contributed by atoms with van der Waals surface area (Å²) in [6, 6.07) is 0. The first kappa shape index (κ1) is 12.2. The second-order valence-corrected chi connectivity index (χ2v) is 3.00.